The van der Waals surface area contributed by atoms with E-state index >= 15 is 0 Å². The molecule has 3 aromatic rings. The molecule has 4 N–H and O–H groups in total. The Balaban J connectivity index is 1.42. The van der Waals surface area contributed by atoms with Gasteiger partial charge in [-0.05, 0) is 47.9 Å². The first kappa shape index (κ1) is 22.6. The van der Waals surface area contributed by atoms with E-state index in [0.29, 0.717) is 29.0 Å². The van der Waals surface area contributed by atoms with Crippen LogP contribution in [-0.2, 0) is 13.1 Å². The molecule has 0 amide bonds. The second kappa shape index (κ2) is 10.4. The number of nitrogens with zero attached hydrogens (tertiary/aromatic N) is 1. The minimum absolute atomic E-state index is 0.114. The average Bonchev–Trinajstić information content (AvgIpc) is 2.79. The maximum Gasteiger partial charge on any atom is 0.153 e. The van der Waals surface area contributed by atoms with Crippen molar-refractivity contribution in [2.24, 2.45) is 10.7 Å². The summed E-state index contributed by atoms with van der Waals surface area (Å²) in [6.45, 7) is 3.97. The Morgan fingerprint density at radius 2 is 1.84 bits per heavy atom. The van der Waals surface area contributed by atoms with E-state index in [2.05, 4.69) is 46.0 Å². The molecule has 1 aliphatic heterocycles. The Hall–Kier alpha value is -2.57. The Bertz CT molecular complexity index is 1100. The van der Waals surface area contributed by atoms with Crippen LogP contribution in [0, 0.1) is 0 Å². The van der Waals surface area contributed by atoms with E-state index in [1.54, 1.807) is 6.07 Å². The maximum atomic E-state index is 6.31. The zero-order chi connectivity index (χ0) is 22.5. The highest BCUT2D eigenvalue weighted by molar-refractivity contribution is 6.35. The van der Waals surface area contributed by atoms with Crippen molar-refractivity contribution in [3.05, 3.63) is 93.5 Å². The summed E-state index contributed by atoms with van der Waals surface area (Å²) in [6.07, 6.45) is -0.200. The summed E-state index contributed by atoms with van der Waals surface area (Å²) < 4.78 is 5.80. The minimum atomic E-state index is -0.200. The highest BCUT2D eigenvalue weighted by Crippen LogP contribution is 2.33. The van der Waals surface area contributed by atoms with Crippen molar-refractivity contribution in [1.29, 1.82) is 0 Å². The molecule has 7 heteroatoms. The largest absolute Gasteiger partial charge is 0.481 e. The number of aliphatic imine (C=N–C) groups is 1. The molecule has 0 saturated heterocycles. The number of ether oxygens (including phenoxy) is 1. The van der Waals surface area contributed by atoms with Gasteiger partial charge in [-0.25, -0.2) is 4.99 Å². The molecule has 0 spiro atoms. The average molecular weight is 469 g/mol. The lowest BCUT2D eigenvalue weighted by Gasteiger charge is -2.23. The minimum Gasteiger partial charge on any atom is -0.481 e. The van der Waals surface area contributed by atoms with Gasteiger partial charge in [0.1, 0.15) is 17.3 Å². The molecule has 0 radical (unpaired) electrons. The van der Waals surface area contributed by atoms with Crippen molar-refractivity contribution >= 4 is 34.7 Å². The number of amidine groups is 1. The van der Waals surface area contributed by atoms with Gasteiger partial charge in [-0.3, -0.25) is 0 Å². The van der Waals surface area contributed by atoms with Crippen LogP contribution in [0.15, 0.2) is 71.7 Å². The van der Waals surface area contributed by atoms with E-state index in [-0.39, 0.29) is 12.1 Å². The monoisotopic (exact) mass is 468 g/mol. The van der Waals surface area contributed by atoms with E-state index in [1.165, 1.54) is 5.56 Å². The molecule has 3 aromatic carbocycles. The van der Waals surface area contributed by atoms with Gasteiger partial charge in [-0.2, -0.15) is 0 Å². The molecule has 32 heavy (non-hydrogen) atoms. The van der Waals surface area contributed by atoms with Crippen LogP contribution in [-0.4, -0.2) is 18.5 Å². The number of halogens is 2. The second-order valence-electron chi connectivity index (χ2n) is 7.81. The first-order valence-corrected chi connectivity index (χ1v) is 11.3. The Morgan fingerprint density at radius 3 is 2.62 bits per heavy atom. The molecule has 1 heterocycles. The van der Waals surface area contributed by atoms with Gasteiger partial charge < -0.3 is 21.1 Å². The van der Waals surface area contributed by atoms with Crippen molar-refractivity contribution in [2.45, 2.75) is 32.2 Å². The summed E-state index contributed by atoms with van der Waals surface area (Å²) in [6, 6.07) is 22.1. The third-order valence-electron chi connectivity index (χ3n) is 5.43. The predicted octanol–water partition coefficient (Wildman–Crippen LogP) is 5.38. The van der Waals surface area contributed by atoms with E-state index in [4.69, 9.17) is 33.7 Å². The van der Waals surface area contributed by atoms with E-state index in [0.717, 1.165) is 29.1 Å². The normalized spacial score (nSPS) is 16.1. The topological polar surface area (TPSA) is 71.7 Å². The van der Waals surface area contributed by atoms with Gasteiger partial charge in [0, 0.05) is 35.7 Å². The molecule has 0 aromatic heterocycles. The summed E-state index contributed by atoms with van der Waals surface area (Å²) in [7, 11) is 0. The quantitative estimate of drug-likeness (QED) is 0.414. The van der Waals surface area contributed by atoms with Gasteiger partial charge in [-0.1, -0.05) is 65.7 Å². The summed E-state index contributed by atoms with van der Waals surface area (Å²) in [4.78, 5) is 4.48. The van der Waals surface area contributed by atoms with E-state index in [9.17, 15) is 0 Å². The number of rotatable bonds is 8. The molecule has 0 fully saturated rings. The number of hydrogen-bond donors (Lipinski definition) is 3. The van der Waals surface area contributed by atoms with Gasteiger partial charge in [0.05, 0.1) is 0 Å². The molecule has 0 saturated carbocycles. The lowest BCUT2D eigenvalue weighted by Crippen LogP contribution is -2.33. The second-order valence-corrected chi connectivity index (χ2v) is 8.65. The van der Waals surface area contributed by atoms with Crippen LogP contribution in [0.4, 0.5) is 5.69 Å². The zero-order valence-corrected chi connectivity index (χ0v) is 19.3. The number of nitrogens with one attached hydrogen (secondary N) is 2. The Labute approximate surface area is 198 Å². The fraction of sp³-hybridized carbons (Fsp3) is 0.240. The third-order valence-corrected chi connectivity index (χ3v) is 6.01. The number of fused-ring (bicyclic) bond motifs is 1. The fourth-order valence-electron chi connectivity index (χ4n) is 3.59. The van der Waals surface area contributed by atoms with Crippen molar-refractivity contribution in [3.63, 3.8) is 0 Å². The number of nitrogens with two attached hydrogens (primary N) is 1. The van der Waals surface area contributed by atoms with Crippen molar-refractivity contribution in [1.82, 2.24) is 10.6 Å². The molecule has 4 rings (SSSR count). The molecule has 2 atom stereocenters. The summed E-state index contributed by atoms with van der Waals surface area (Å²) in [5.41, 5.74) is 10.1. The molecule has 2 unspecified atom stereocenters. The van der Waals surface area contributed by atoms with Crippen LogP contribution in [0.5, 0.6) is 5.75 Å². The standard InChI is InChI=1S/C25H26Cl2N4O/c1-16-25(28)31-22-11-17(7-10-24(22)32-16)13-30-23(18-5-3-2-4-6-18)15-29-14-19-8-9-20(26)12-21(19)27/h2-12,16,23,29-30H,13-15H2,1H3,(H2,28,31). The third kappa shape index (κ3) is 5.61. The maximum absolute atomic E-state index is 6.31. The van der Waals surface area contributed by atoms with Gasteiger partial charge in [0.15, 0.2) is 6.10 Å². The van der Waals surface area contributed by atoms with Crippen molar-refractivity contribution in [3.8, 4) is 5.75 Å². The predicted molar refractivity (Wildman–Crippen MR) is 132 cm³/mol. The SMILES string of the molecule is CC1Oc2ccc(CNC(CNCc3ccc(Cl)cc3Cl)c3ccccc3)cc2N=C1N. The van der Waals surface area contributed by atoms with Gasteiger partial charge in [-0.15, -0.1) is 0 Å². The first-order chi connectivity index (χ1) is 15.5. The van der Waals surface area contributed by atoms with Crippen LogP contribution in [0.3, 0.4) is 0 Å². The molecular formula is C25H26Cl2N4O. The van der Waals surface area contributed by atoms with Crippen LogP contribution >= 0.6 is 23.2 Å². The van der Waals surface area contributed by atoms with Gasteiger partial charge in [0.2, 0.25) is 0 Å². The molecule has 166 valence electrons. The lowest BCUT2D eigenvalue weighted by atomic mass is 10.1. The first-order valence-electron chi connectivity index (χ1n) is 10.6. The van der Waals surface area contributed by atoms with Crippen LogP contribution in [0.2, 0.25) is 10.0 Å². The van der Waals surface area contributed by atoms with Crippen LogP contribution in [0.25, 0.3) is 0 Å². The Morgan fingerprint density at radius 1 is 1.03 bits per heavy atom. The fourth-order valence-corrected chi connectivity index (χ4v) is 4.07. The molecule has 0 aliphatic carbocycles. The molecule has 0 bridgehead atoms. The molecule has 5 nitrogen and oxygen atoms in total. The molecule has 1 aliphatic rings. The van der Waals surface area contributed by atoms with Gasteiger partial charge in [0.25, 0.3) is 0 Å². The summed E-state index contributed by atoms with van der Waals surface area (Å²) in [5.74, 6) is 1.26. The van der Waals surface area contributed by atoms with Crippen LogP contribution < -0.4 is 21.1 Å². The zero-order valence-electron chi connectivity index (χ0n) is 17.8. The highest BCUT2D eigenvalue weighted by Gasteiger charge is 2.18. The summed E-state index contributed by atoms with van der Waals surface area (Å²) >= 11 is 12.3. The number of benzene rings is 3. The van der Waals surface area contributed by atoms with E-state index < -0.39 is 0 Å². The molecular weight excluding hydrogens is 443 g/mol. The summed E-state index contributed by atoms with van der Waals surface area (Å²) in [5, 5.41) is 8.46. The lowest BCUT2D eigenvalue weighted by molar-refractivity contribution is 0.281. The Kier molecular flexibility index (Phi) is 7.33. The van der Waals surface area contributed by atoms with Crippen molar-refractivity contribution < 1.29 is 4.74 Å². The highest BCUT2D eigenvalue weighted by atomic mass is 35.5. The van der Waals surface area contributed by atoms with E-state index in [1.807, 2.05) is 37.3 Å². The van der Waals surface area contributed by atoms with Crippen LogP contribution in [0.1, 0.15) is 29.7 Å². The van der Waals surface area contributed by atoms with Gasteiger partial charge >= 0.3 is 0 Å². The number of hydrogen-bond acceptors (Lipinski definition) is 5. The van der Waals surface area contributed by atoms with Crippen molar-refractivity contribution in [2.75, 3.05) is 6.54 Å². The smallest absolute Gasteiger partial charge is 0.153 e.